The first-order chi connectivity index (χ1) is 10.4. The summed E-state index contributed by atoms with van der Waals surface area (Å²) in [6.07, 6.45) is 3.56. The van der Waals surface area contributed by atoms with E-state index < -0.39 is 0 Å². The lowest BCUT2D eigenvalue weighted by Gasteiger charge is -2.23. The van der Waals surface area contributed by atoms with Crippen LogP contribution in [-0.2, 0) is 4.79 Å². The third kappa shape index (κ3) is 3.78. The fraction of sp³-hybridized carbons (Fsp3) is 0.588. The number of ether oxygens (including phenoxy) is 1. The third-order valence-electron chi connectivity index (χ3n) is 4.34. The number of amides is 1. The Balaban J connectivity index is 1.59. The zero-order valence-corrected chi connectivity index (χ0v) is 13.6. The minimum atomic E-state index is -0.108. The van der Waals surface area contributed by atoms with Gasteiger partial charge in [-0.05, 0) is 37.5 Å². The van der Waals surface area contributed by atoms with Crippen LogP contribution in [0.1, 0.15) is 37.8 Å². The van der Waals surface area contributed by atoms with Crippen molar-refractivity contribution in [2.75, 3.05) is 20.6 Å². The van der Waals surface area contributed by atoms with Crippen LogP contribution in [0, 0.1) is 0 Å². The van der Waals surface area contributed by atoms with E-state index in [2.05, 4.69) is 24.8 Å². The van der Waals surface area contributed by atoms with Crippen molar-refractivity contribution in [1.29, 1.82) is 0 Å². The molecule has 2 fully saturated rings. The lowest BCUT2D eigenvalue weighted by atomic mass is 10.1. The molecule has 2 aliphatic rings. The summed E-state index contributed by atoms with van der Waals surface area (Å²) in [5.74, 6) is 0.975. The number of hydrogen-bond donors (Lipinski definition) is 2. The van der Waals surface area contributed by atoms with Crippen molar-refractivity contribution in [3.63, 3.8) is 0 Å². The average molecular weight is 304 g/mol. The first-order valence-corrected chi connectivity index (χ1v) is 8.11. The molecule has 1 aliphatic heterocycles. The molecule has 0 bridgehead atoms. The van der Waals surface area contributed by atoms with Crippen LogP contribution in [0.25, 0.3) is 0 Å². The Morgan fingerprint density at radius 1 is 1.36 bits per heavy atom. The molecule has 5 nitrogen and oxygen atoms in total. The monoisotopic (exact) mass is 304 g/mol. The van der Waals surface area contributed by atoms with Gasteiger partial charge in [-0.3, -0.25) is 4.79 Å². The highest BCUT2D eigenvalue weighted by Crippen LogP contribution is 2.28. The number of rotatable bonds is 5. The van der Waals surface area contributed by atoms with Crippen LogP contribution in [0.3, 0.4) is 0 Å². The van der Waals surface area contributed by atoms with E-state index in [0.29, 0.717) is 10.7 Å². The number of carbonyl (C=O) groups excluding carboxylic acids is 1. The quantitative estimate of drug-likeness (QED) is 0.815. The minimum Gasteiger partial charge on any atom is -0.490 e. The number of nitrogens with zero attached hydrogens (tertiary/aromatic N) is 1. The van der Waals surface area contributed by atoms with Crippen LogP contribution in [-0.4, -0.2) is 43.3 Å². The smallest absolute Gasteiger partial charge is 0.243 e. The standard InChI is InChI=1S/C17H25N3O2/c1-12(18-17(21)16-9-10-20(2,3)19-16)13-5-4-6-15(11-13)22-14-7-8-14/h4-6,11-12,14,16,19H,7-10H2,1-3H3/p+1/t12-,16?/m1/s1. The second kappa shape index (κ2) is 5.89. The molecule has 1 aromatic rings. The summed E-state index contributed by atoms with van der Waals surface area (Å²) in [5, 5.41) is 3.11. The Hall–Kier alpha value is -1.59. The summed E-state index contributed by atoms with van der Waals surface area (Å²) < 4.78 is 6.51. The van der Waals surface area contributed by atoms with Crippen molar-refractivity contribution in [2.24, 2.45) is 0 Å². The van der Waals surface area contributed by atoms with Gasteiger partial charge in [-0.2, -0.15) is 5.43 Å². The summed E-state index contributed by atoms with van der Waals surface area (Å²) in [5.41, 5.74) is 4.42. The van der Waals surface area contributed by atoms with E-state index in [0.717, 1.165) is 37.1 Å². The van der Waals surface area contributed by atoms with Crippen LogP contribution in [0.2, 0.25) is 0 Å². The van der Waals surface area contributed by atoms with E-state index in [1.165, 1.54) is 0 Å². The molecule has 22 heavy (non-hydrogen) atoms. The van der Waals surface area contributed by atoms with E-state index in [-0.39, 0.29) is 18.0 Å². The number of carbonyl (C=O) groups is 1. The molecule has 0 spiro atoms. The largest absolute Gasteiger partial charge is 0.490 e. The Morgan fingerprint density at radius 3 is 2.77 bits per heavy atom. The molecule has 1 saturated heterocycles. The van der Waals surface area contributed by atoms with E-state index >= 15 is 0 Å². The Morgan fingerprint density at radius 2 is 2.14 bits per heavy atom. The minimum absolute atomic E-state index is 0.0201. The summed E-state index contributed by atoms with van der Waals surface area (Å²) >= 11 is 0. The molecule has 0 radical (unpaired) electrons. The first kappa shape index (κ1) is 15.3. The fourth-order valence-corrected chi connectivity index (χ4v) is 2.83. The predicted molar refractivity (Wildman–Crippen MR) is 85.2 cm³/mol. The Kier molecular flexibility index (Phi) is 4.10. The molecule has 2 atom stereocenters. The van der Waals surface area contributed by atoms with Gasteiger partial charge in [0.2, 0.25) is 5.91 Å². The zero-order valence-electron chi connectivity index (χ0n) is 13.6. The van der Waals surface area contributed by atoms with Crippen molar-refractivity contribution in [3.05, 3.63) is 29.8 Å². The van der Waals surface area contributed by atoms with Crippen molar-refractivity contribution in [1.82, 2.24) is 10.7 Å². The van der Waals surface area contributed by atoms with Gasteiger partial charge in [0.15, 0.2) is 0 Å². The molecule has 1 saturated carbocycles. The molecule has 1 aromatic carbocycles. The molecule has 1 heterocycles. The maximum atomic E-state index is 12.4. The second-order valence-electron chi connectivity index (χ2n) is 7.00. The van der Waals surface area contributed by atoms with Gasteiger partial charge in [0.25, 0.3) is 0 Å². The van der Waals surface area contributed by atoms with E-state index in [1.807, 2.05) is 31.2 Å². The normalized spacial score (nSPS) is 24.8. The van der Waals surface area contributed by atoms with Gasteiger partial charge < -0.3 is 10.1 Å². The highest BCUT2D eigenvalue weighted by atomic mass is 16.5. The van der Waals surface area contributed by atoms with Gasteiger partial charge in [0, 0.05) is 6.42 Å². The van der Waals surface area contributed by atoms with Crippen molar-refractivity contribution in [2.45, 2.75) is 44.4 Å². The number of nitrogens with one attached hydrogen (secondary N) is 2. The maximum absolute atomic E-state index is 12.4. The molecular weight excluding hydrogens is 278 g/mol. The predicted octanol–water partition coefficient (Wildman–Crippen LogP) is 1.76. The Bertz CT molecular complexity index is 555. The first-order valence-electron chi connectivity index (χ1n) is 8.11. The van der Waals surface area contributed by atoms with Crippen molar-refractivity contribution in [3.8, 4) is 5.75 Å². The van der Waals surface area contributed by atoms with Crippen LogP contribution in [0.4, 0.5) is 0 Å². The molecule has 2 N–H and O–H groups in total. The Labute approximate surface area is 132 Å². The van der Waals surface area contributed by atoms with Gasteiger partial charge >= 0.3 is 0 Å². The summed E-state index contributed by atoms with van der Waals surface area (Å²) in [6.45, 7) is 2.99. The molecule has 1 amide bonds. The van der Waals surface area contributed by atoms with Gasteiger partial charge in [0.05, 0.1) is 32.8 Å². The molecular formula is C17H26N3O2+. The molecule has 1 aliphatic carbocycles. The lowest BCUT2D eigenvalue weighted by Crippen LogP contribution is -2.52. The lowest BCUT2D eigenvalue weighted by molar-refractivity contribution is -0.922. The molecule has 1 unspecified atom stereocenters. The average Bonchev–Trinajstić information content (AvgIpc) is 3.20. The maximum Gasteiger partial charge on any atom is 0.243 e. The summed E-state index contributed by atoms with van der Waals surface area (Å²) in [4.78, 5) is 12.4. The van der Waals surface area contributed by atoms with Crippen LogP contribution >= 0.6 is 0 Å². The third-order valence-corrected chi connectivity index (χ3v) is 4.34. The van der Waals surface area contributed by atoms with E-state index in [9.17, 15) is 4.79 Å². The molecule has 120 valence electrons. The van der Waals surface area contributed by atoms with Gasteiger partial charge in [-0.1, -0.05) is 12.1 Å². The summed E-state index contributed by atoms with van der Waals surface area (Å²) in [7, 11) is 4.16. The molecule has 5 heteroatoms. The van der Waals surface area contributed by atoms with Gasteiger partial charge in [-0.15, -0.1) is 0 Å². The number of quaternary nitrogens is 1. The van der Waals surface area contributed by atoms with Gasteiger partial charge in [-0.25, -0.2) is 4.59 Å². The fourth-order valence-electron chi connectivity index (χ4n) is 2.83. The van der Waals surface area contributed by atoms with Crippen LogP contribution in [0.15, 0.2) is 24.3 Å². The highest BCUT2D eigenvalue weighted by Gasteiger charge is 2.35. The van der Waals surface area contributed by atoms with Crippen molar-refractivity contribution >= 4 is 5.91 Å². The molecule has 0 aromatic heterocycles. The van der Waals surface area contributed by atoms with E-state index in [1.54, 1.807) is 0 Å². The van der Waals surface area contributed by atoms with Crippen LogP contribution < -0.4 is 15.5 Å². The van der Waals surface area contributed by atoms with E-state index in [4.69, 9.17) is 4.74 Å². The second-order valence-corrected chi connectivity index (χ2v) is 7.00. The highest BCUT2D eigenvalue weighted by molar-refractivity contribution is 5.82. The van der Waals surface area contributed by atoms with Crippen LogP contribution in [0.5, 0.6) is 5.75 Å². The molecule has 3 rings (SSSR count). The zero-order chi connectivity index (χ0) is 15.7. The van der Waals surface area contributed by atoms with Gasteiger partial charge in [0.1, 0.15) is 11.8 Å². The SMILES string of the molecule is C[C@@H](NC(=O)C1CC[N+](C)(C)N1)c1cccc(OC2CC2)c1. The summed E-state index contributed by atoms with van der Waals surface area (Å²) in [6, 6.07) is 7.91. The number of hydrogen-bond acceptors (Lipinski definition) is 3. The van der Waals surface area contributed by atoms with Crippen molar-refractivity contribution < 1.29 is 14.1 Å². The number of benzene rings is 1. The topological polar surface area (TPSA) is 50.4 Å².